The Labute approximate surface area is 291 Å². The highest BCUT2D eigenvalue weighted by Gasteiger charge is 2.39. The molecule has 2 atom stereocenters. The molecule has 0 radical (unpaired) electrons. The number of carbonyl (C=O) groups is 4. The van der Waals surface area contributed by atoms with Crippen LogP contribution in [0, 0.1) is 31.1 Å². The first-order valence-electron chi connectivity index (χ1n) is 16.4. The van der Waals surface area contributed by atoms with Gasteiger partial charge in [-0.2, -0.15) is 5.26 Å². The fourth-order valence-corrected chi connectivity index (χ4v) is 5.61. The quantitative estimate of drug-likeness (QED) is 0.153. The average Bonchev–Trinajstić information content (AvgIpc) is 3.45. The normalized spacial score (nSPS) is 14.9. The summed E-state index contributed by atoms with van der Waals surface area (Å²) in [5.74, 6) is -2.90. The lowest BCUT2D eigenvalue weighted by molar-refractivity contribution is -0.131. The summed E-state index contributed by atoms with van der Waals surface area (Å²) in [6, 6.07) is 15.1. The van der Waals surface area contributed by atoms with E-state index in [1.165, 1.54) is 6.08 Å². The van der Waals surface area contributed by atoms with Crippen LogP contribution in [0.2, 0.25) is 0 Å². The molecular weight excluding hydrogens is 640 g/mol. The van der Waals surface area contributed by atoms with E-state index in [0.29, 0.717) is 37.4 Å². The van der Waals surface area contributed by atoms with E-state index in [9.17, 15) is 24.4 Å². The summed E-state index contributed by atoms with van der Waals surface area (Å²) in [6.45, 7) is 9.81. The van der Waals surface area contributed by atoms with Gasteiger partial charge in [0.1, 0.15) is 35.8 Å². The molecular formula is C37H44N6O7. The van der Waals surface area contributed by atoms with E-state index in [4.69, 9.17) is 19.7 Å². The fraction of sp³-hybridized carbons (Fsp3) is 0.405. The van der Waals surface area contributed by atoms with Crippen molar-refractivity contribution in [2.24, 2.45) is 11.7 Å². The predicted molar refractivity (Wildman–Crippen MR) is 184 cm³/mol. The standard InChI is InChI=1S/C37H44N6O7/c1-22-9-11-24(12-10-22)20-40-35(46)29(21-49-28-8-6-7-25(18-28)17-27(19-38)34(45)42-37(3,4)5)41-36(47)31(26-13-15-48-16-14-26)30-23(2)50-43-32(30)33(39)44/h6-12,17-18,26,29,31H,13-16,20-21H2,1-5H3,(H2,39,44)(H,40,46)(H,41,47)(H,42,45)/t29-,31-/m0/s1. The topological polar surface area (TPSA) is 199 Å². The van der Waals surface area contributed by atoms with E-state index in [2.05, 4.69) is 21.1 Å². The number of amides is 4. The number of nitrogens with two attached hydrogens (primary N) is 1. The number of rotatable bonds is 13. The number of primary amides is 1. The Morgan fingerprint density at radius 1 is 1.08 bits per heavy atom. The second-order valence-corrected chi connectivity index (χ2v) is 13.3. The molecule has 1 aliphatic rings. The molecule has 264 valence electrons. The first kappa shape index (κ1) is 37.3. The third-order valence-electron chi connectivity index (χ3n) is 8.13. The molecule has 13 heteroatoms. The lowest BCUT2D eigenvalue weighted by Gasteiger charge is -2.31. The van der Waals surface area contributed by atoms with Crippen LogP contribution in [0.15, 0.2) is 58.6 Å². The van der Waals surface area contributed by atoms with Crippen LogP contribution in [0.3, 0.4) is 0 Å². The maximum Gasteiger partial charge on any atom is 0.271 e. The molecule has 0 saturated carbocycles. The number of aryl methyl sites for hydroxylation is 2. The Hall–Kier alpha value is -5.48. The Balaban J connectivity index is 1.60. The number of ether oxygens (including phenoxy) is 2. The first-order valence-corrected chi connectivity index (χ1v) is 16.4. The van der Waals surface area contributed by atoms with Crippen LogP contribution >= 0.6 is 0 Å². The summed E-state index contributed by atoms with van der Waals surface area (Å²) in [7, 11) is 0. The number of benzene rings is 2. The zero-order valence-corrected chi connectivity index (χ0v) is 29.0. The molecule has 2 heterocycles. The molecule has 2 aromatic carbocycles. The largest absolute Gasteiger partial charge is 0.491 e. The maximum absolute atomic E-state index is 14.2. The van der Waals surface area contributed by atoms with Crippen molar-refractivity contribution in [3.8, 4) is 11.8 Å². The van der Waals surface area contributed by atoms with E-state index >= 15 is 0 Å². The van der Waals surface area contributed by atoms with Gasteiger partial charge < -0.3 is 35.7 Å². The third kappa shape index (κ3) is 10.3. The van der Waals surface area contributed by atoms with Crippen LogP contribution < -0.4 is 26.4 Å². The summed E-state index contributed by atoms with van der Waals surface area (Å²) in [5, 5.41) is 22.0. The van der Waals surface area contributed by atoms with Gasteiger partial charge in [0.2, 0.25) is 11.8 Å². The highest BCUT2D eigenvalue weighted by molar-refractivity contribution is 6.02. The molecule has 1 aromatic heterocycles. The van der Waals surface area contributed by atoms with Gasteiger partial charge in [-0.15, -0.1) is 0 Å². The molecule has 0 spiro atoms. The number of carbonyl (C=O) groups excluding carboxylic acids is 4. The van der Waals surface area contributed by atoms with E-state index in [0.717, 1.165) is 11.1 Å². The molecule has 3 aromatic rings. The van der Waals surface area contributed by atoms with Gasteiger partial charge in [0.05, 0.1) is 5.92 Å². The number of hydrogen-bond acceptors (Lipinski definition) is 9. The molecule has 1 saturated heterocycles. The molecule has 4 amide bonds. The Bertz CT molecular complexity index is 1760. The number of nitrogens with one attached hydrogen (secondary N) is 3. The second-order valence-electron chi connectivity index (χ2n) is 13.3. The summed E-state index contributed by atoms with van der Waals surface area (Å²) in [4.78, 5) is 52.8. The van der Waals surface area contributed by atoms with Crippen molar-refractivity contribution >= 4 is 29.7 Å². The van der Waals surface area contributed by atoms with Gasteiger partial charge in [-0.05, 0) is 82.7 Å². The van der Waals surface area contributed by atoms with Crippen molar-refractivity contribution in [1.29, 1.82) is 5.26 Å². The highest BCUT2D eigenvalue weighted by atomic mass is 16.5. The highest BCUT2D eigenvalue weighted by Crippen LogP contribution is 2.36. The average molecular weight is 685 g/mol. The van der Waals surface area contributed by atoms with Gasteiger partial charge in [-0.1, -0.05) is 47.1 Å². The monoisotopic (exact) mass is 684 g/mol. The molecule has 13 nitrogen and oxygen atoms in total. The molecule has 1 fully saturated rings. The van der Waals surface area contributed by atoms with Crippen LogP contribution in [-0.2, 0) is 25.7 Å². The van der Waals surface area contributed by atoms with Crippen LogP contribution in [0.25, 0.3) is 6.08 Å². The zero-order valence-electron chi connectivity index (χ0n) is 29.0. The number of nitriles is 1. The van der Waals surface area contributed by atoms with Crippen molar-refractivity contribution in [1.82, 2.24) is 21.1 Å². The van der Waals surface area contributed by atoms with Crippen LogP contribution in [0.4, 0.5) is 0 Å². The SMILES string of the molecule is Cc1ccc(CNC(=O)[C@H](COc2cccc(C=C(C#N)C(=O)NC(C)(C)C)c2)NC(=O)[C@H](c2c(C(N)=O)noc2C)C2CCOCC2)cc1. The van der Waals surface area contributed by atoms with Gasteiger partial charge in [0, 0.05) is 30.9 Å². The number of hydrogen-bond donors (Lipinski definition) is 4. The Kier molecular flexibility index (Phi) is 12.5. The zero-order chi connectivity index (χ0) is 36.4. The first-order chi connectivity index (χ1) is 23.8. The molecule has 4 rings (SSSR count). The minimum atomic E-state index is -1.17. The van der Waals surface area contributed by atoms with E-state index < -0.39 is 41.1 Å². The van der Waals surface area contributed by atoms with E-state index in [1.807, 2.05) is 58.0 Å². The van der Waals surface area contributed by atoms with E-state index in [-0.39, 0.29) is 41.7 Å². The predicted octanol–water partition coefficient (Wildman–Crippen LogP) is 3.60. The molecule has 0 aliphatic carbocycles. The maximum atomic E-state index is 14.2. The second kappa shape index (κ2) is 16.8. The van der Waals surface area contributed by atoms with Gasteiger partial charge in [-0.3, -0.25) is 19.2 Å². The molecule has 0 bridgehead atoms. The lowest BCUT2D eigenvalue weighted by atomic mass is 9.79. The van der Waals surface area contributed by atoms with Gasteiger partial charge >= 0.3 is 0 Å². The van der Waals surface area contributed by atoms with E-state index in [1.54, 1.807) is 31.2 Å². The molecule has 50 heavy (non-hydrogen) atoms. The fourth-order valence-electron chi connectivity index (χ4n) is 5.61. The summed E-state index contributed by atoms with van der Waals surface area (Å²) >= 11 is 0. The van der Waals surface area contributed by atoms with Crippen molar-refractivity contribution in [3.05, 3.63) is 87.8 Å². The van der Waals surface area contributed by atoms with Crippen LogP contribution in [0.1, 0.15) is 78.0 Å². The van der Waals surface area contributed by atoms with Gasteiger partial charge in [-0.25, -0.2) is 0 Å². The molecule has 1 aliphatic heterocycles. The minimum Gasteiger partial charge on any atom is -0.491 e. The van der Waals surface area contributed by atoms with Crippen molar-refractivity contribution in [3.63, 3.8) is 0 Å². The minimum absolute atomic E-state index is 0.0868. The van der Waals surface area contributed by atoms with Crippen molar-refractivity contribution in [2.75, 3.05) is 19.8 Å². The third-order valence-corrected chi connectivity index (χ3v) is 8.13. The van der Waals surface area contributed by atoms with Crippen molar-refractivity contribution in [2.45, 2.75) is 71.5 Å². The van der Waals surface area contributed by atoms with Crippen LogP contribution in [0.5, 0.6) is 5.75 Å². The molecule has 0 unspecified atom stereocenters. The summed E-state index contributed by atoms with van der Waals surface area (Å²) in [5.41, 5.74) is 7.60. The number of aromatic nitrogens is 1. The Morgan fingerprint density at radius 2 is 1.78 bits per heavy atom. The Morgan fingerprint density at radius 3 is 2.42 bits per heavy atom. The smallest absolute Gasteiger partial charge is 0.271 e. The van der Waals surface area contributed by atoms with Gasteiger partial charge in [0.15, 0.2) is 5.69 Å². The summed E-state index contributed by atoms with van der Waals surface area (Å²) < 4.78 is 16.9. The lowest BCUT2D eigenvalue weighted by Crippen LogP contribution is -2.52. The molecule has 5 N–H and O–H groups in total. The van der Waals surface area contributed by atoms with Crippen LogP contribution in [-0.4, -0.2) is 60.2 Å². The van der Waals surface area contributed by atoms with Gasteiger partial charge in [0.25, 0.3) is 11.8 Å². The number of nitrogens with zero attached hydrogens (tertiary/aromatic N) is 2. The van der Waals surface area contributed by atoms with Crippen molar-refractivity contribution < 1.29 is 33.2 Å². The summed E-state index contributed by atoms with van der Waals surface area (Å²) in [6.07, 6.45) is 2.50.